The Bertz CT molecular complexity index is 5080. The first-order valence-corrected chi connectivity index (χ1v) is 28.3. The van der Waals surface area contributed by atoms with Crippen molar-refractivity contribution in [1.29, 1.82) is 0 Å². The molecule has 0 saturated carbocycles. The highest BCUT2D eigenvalue weighted by Gasteiger charge is 2.16. The Balaban J connectivity index is 0.000000161. The van der Waals surface area contributed by atoms with E-state index in [9.17, 15) is 4.79 Å². The van der Waals surface area contributed by atoms with Crippen molar-refractivity contribution >= 4 is 61.0 Å². The van der Waals surface area contributed by atoms with E-state index >= 15 is 0 Å². The molecule has 15 aromatic rings. The van der Waals surface area contributed by atoms with E-state index in [4.69, 9.17) is 33.2 Å². The molecule has 24 nitrogen and oxygen atoms in total. The lowest BCUT2D eigenvalue weighted by atomic mass is 10.1. The van der Waals surface area contributed by atoms with E-state index in [-0.39, 0.29) is 55.1 Å². The van der Waals surface area contributed by atoms with Gasteiger partial charge in [-0.05, 0) is 103 Å². The molecular weight excluding hydrogens is 1200 g/mol. The maximum absolute atomic E-state index is 11.6. The summed E-state index contributed by atoms with van der Waals surface area (Å²) in [4.78, 5) is 32.1. The zero-order valence-electron chi connectivity index (χ0n) is 47.9. The lowest BCUT2D eigenvalue weighted by Crippen LogP contribution is -2.05. The molecule has 0 aliphatic carbocycles. The van der Waals surface area contributed by atoms with Gasteiger partial charge in [-0.15, -0.1) is 30.6 Å². The molecule has 472 valence electrons. The highest BCUT2D eigenvalue weighted by atomic mass is 32.1. The van der Waals surface area contributed by atoms with Crippen molar-refractivity contribution in [1.82, 2.24) is 78.9 Å². The number of pyridine rings is 7. The summed E-state index contributed by atoms with van der Waals surface area (Å²) in [6.45, 7) is 0.752. The van der Waals surface area contributed by atoms with Gasteiger partial charge in [0.1, 0.15) is 54.3 Å². The molecule has 3 aromatic carbocycles. The molecule has 15 rings (SSSR count). The molecule has 0 unspecified atom stereocenters. The SMILES string of the molecule is C.C.C.C.COc1ccc2c(OCc3nnc4ccc(-c5cccc(=O)[nH]5)cn34)ccnc2c1.COc1ccc2c(OCc3nnc4ccc(-c5ccnnc5)cn34)ccnc2c1.COc1ccc2c(OCc3nnc4ccc(-c5csc(OC)n5)cn34)ccnc2c1. The Labute approximate surface area is 538 Å². The molecule has 0 fully saturated rings. The van der Waals surface area contributed by atoms with Crippen molar-refractivity contribution in [3.63, 3.8) is 0 Å². The lowest BCUT2D eigenvalue weighted by molar-refractivity contribution is 0.298. The van der Waals surface area contributed by atoms with Crippen LogP contribution in [0.1, 0.15) is 47.2 Å². The van der Waals surface area contributed by atoms with Gasteiger partial charge in [0.2, 0.25) is 5.56 Å². The summed E-state index contributed by atoms with van der Waals surface area (Å²) in [5, 5.41) is 38.5. The fourth-order valence-corrected chi connectivity index (χ4v) is 10.3. The third-order valence-corrected chi connectivity index (χ3v) is 15.0. The Hall–Kier alpha value is -12.0. The third kappa shape index (κ3) is 14.2. The second kappa shape index (κ2) is 29.5. The van der Waals surface area contributed by atoms with Gasteiger partial charge >= 0.3 is 0 Å². The van der Waals surface area contributed by atoms with Crippen LogP contribution in [0.15, 0.2) is 193 Å². The quantitative estimate of drug-likeness (QED) is 0.0942. The Kier molecular flexibility index (Phi) is 20.8. The second-order valence-corrected chi connectivity index (χ2v) is 20.3. The standard InChI is InChI=1S/C22H17N5O3.C21H16N6O2.C21H17N5O3S.4CH4/c1-29-15-6-7-16-18(11-15)23-10-9-19(16)30-13-21-26-25-20-8-5-14(12-27(20)21)17-3-2-4-22(28)24-17;1-28-16-3-4-17-18(10-16)22-8-7-19(17)29-13-21-26-25-20-5-2-15(12-27(20)21)14-6-9-23-24-11-14;1-27-14-4-5-15-16(9-14)22-8-7-18(15)29-11-20-25-24-19-6-3-13(10-26(19)20)17-12-30-21(23-17)28-2;;;;/h2-12H,13H2,1H3,(H,24,28);2-12H,13H2,1H3;3-10,12H,11H2,1-2H3;4*1H4. The van der Waals surface area contributed by atoms with E-state index in [0.717, 1.165) is 106 Å². The molecule has 1 N–H and O–H groups in total. The predicted octanol–water partition coefficient (Wildman–Crippen LogP) is 13.1. The number of fused-ring (bicyclic) bond motifs is 6. The van der Waals surface area contributed by atoms with Crippen LogP contribution in [0.3, 0.4) is 0 Å². The van der Waals surface area contributed by atoms with Crippen LogP contribution in [0, 0.1) is 0 Å². The molecule has 0 aliphatic rings. The maximum Gasteiger partial charge on any atom is 0.273 e. The molecular formula is C68H66N16O8S. The molecule has 0 radical (unpaired) electrons. The molecule has 12 aromatic heterocycles. The summed E-state index contributed by atoms with van der Waals surface area (Å²) in [5.74, 6) is 6.41. The van der Waals surface area contributed by atoms with Gasteiger partial charge in [0, 0.05) is 111 Å². The summed E-state index contributed by atoms with van der Waals surface area (Å²) >= 11 is 1.45. The molecule has 0 aliphatic heterocycles. The second-order valence-electron chi connectivity index (χ2n) is 19.5. The zero-order chi connectivity index (χ0) is 60.6. The van der Waals surface area contributed by atoms with E-state index in [1.165, 1.54) is 17.4 Å². The Morgan fingerprint density at radius 3 is 1.32 bits per heavy atom. The average Bonchev–Trinajstić information content (AvgIpc) is 1.87. The molecule has 0 saturated heterocycles. The van der Waals surface area contributed by atoms with E-state index in [1.54, 1.807) is 65.5 Å². The number of thiazole rings is 1. The molecule has 0 amide bonds. The number of nitrogens with one attached hydrogen (secondary N) is 1. The Morgan fingerprint density at radius 2 is 0.892 bits per heavy atom. The zero-order valence-corrected chi connectivity index (χ0v) is 48.7. The van der Waals surface area contributed by atoms with Gasteiger partial charge in [-0.25, -0.2) is 4.98 Å². The minimum absolute atomic E-state index is 0. The van der Waals surface area contributed by atoms with Crippen LogP contribution in [-0.4, -0.2) is 107 Å². The van der Waals surface area contributed by atoms with E-state index < -0.39 is 0 Å². The van der Waals surface area contributed by atoms with E-state index in [2.05, 4.69) is 65.7 Å². The van der Waals surface area contributed by atoms with Gasteiger partial charge in [-0.3, -0.25) is 32.9 Å². The number of methoxy groups -OCH3 is 4. The minimum Gasteiger partial charge on any atom is -0.497 e. The van der Waals surface area contributed by atoms with Gasteiger partial charge in [0.25, 0.3) is 5.19 Å². The van der Waals surface area contributed by atoms with Gasteiger partial charge in [0.15, 0.2) is 34.4 Å². The Morgan fingerprint density at radius 1 is 0.441 bits per heavy atom. The molecule has 0 atom stereocenters. The van der Waals surface area contributed by atoms with Crippen molar-refractivity contribution in [2.75, 3.05) is 28.4 Å². The number of hydrogen-bond donors (Lipinski definition) is 1. The van der Waals surface area contributed by atoms with E-state index in [0.29, 0.717) is 34.1 Å². The number of aromatic nitrogens is 16. The van der Waals surface area contributed by atoms with Crippen LogP contribution in [0.25, 0.3) is 83.3 Å². The summed E-state index contributed by atoms with van der Waals surface area (Å²) < 4.78 is 44.9. The summed E-state index contributed by atoms with van der Waals surface area (Å²) in [5.41, 5.74) is 9.75. The van der Waals surface area contributed by atoms with Crippen LogP contribution in [0.5, 0.6) is 39.7 Å². The van der Waals surface area contributed by atoms with Crippen LogP contribution in [0.4, 0.5) is 0 Å². The molecule has 93 heavy (non-hydrogen) atoms. The van der Waals surface area contributed by atoms with Gasteiger partial charge in [-0.1, -0.05) is 47.1 Å². The maximum atomic E-state index is 11.6. The number of ether oxygens (including phenoxy) is 7. The van der Waals surface area contributed by atoms with Crippen molar-refractivity contribution in [3.8, 4) is 73.3 Å². The van der Waals surface area contributed by atoms with Crippen LogP contribution in [-0.2, 0) is 19.8 Å². The number of rotatable bonds is 16. The fourth-order valence-electron chi connectivity index (χ4n) is 9.64. The first-order chi connectivity index (χ1) is 43.8. The van der Waals surface area contributed by atoms with Crippen molar-refractivity contribution in [2.45, 2.75) is 49.5 Å². The third-order valence-electron chi connectivity index (χ3n) is 14.2. The monoisotopic (exact) mass is 1270 g/mol. The van der Waals surface area contributed by atoms with Gasteiger partial charge < -0.3 is 38.1 Å². The summed E-state index contributed by atoms with van der Waals surface area (Å²) in [6, 6.07) is 41.0. The molecule has 0 spiro atoms. The smallest absolute Gasteiger partial charge is 0.273 e. The molecule has 25 heteroatoms. The summed E-state index contributed by atoms with van der Waals surface area (Å²) in [7, 11) is 6.50. The largest absolute Gasteiger partial charge is 0.497 e. The normalized spacial score (nSPS) is 10.6. The van der Waals surface area contributed by atoms with Crippen LogP contribution in [0.2, 0.25) is 0 Å². The van der Waals surface area contributed by atoms with Gasteiger partial charge in [0.05, 0.1) is 63.1 Å². The van der Waals surface area contributed by atoms with Crippen molar-refractivity contribution in [2.24, 2.45) is 0 Å². The topological polar surface area (TPSA) is 265 Å². The number of nitrogens with zero attached hydrogens (tertiary/aromatic N) is 15. The fraction of sp³-hybridized carbons (Fsp3) is 0.162. The minimum atomic E-state index is -0.152. The van der Waals surface area contributed by atoms with Crippen molar-refractivity contribution < 1.29 is 33.2 Å². The first kappa shape index (κ1) is 65.5. The molecule has 0 bridgehead atoms. The average molecular weight is 1270 g/mol. The van der Waals surface area contributed by atoms with Crippen LogP contribution >= 0.6 is 11.3 Å². The number of aromatic amines is 1. The first-order valence-electron chi connectivity index (χ1n) is 27.4. The van der Waals surface area contributed by atoms with Crippen molar-refractivity contribution in [3.05, 3.63) is 216 Å². The van der Waals surface area contributed by atoms with E-state index in [1.807, 2.05) is 159 Å². The number of hydrogen-bond acceptors (Lipinski definition) is 21. The molecule has 12 heterocycles. The predicted molar refractivity (Wildman–Crippen MR) is 359 cm³/mol. The number of H-pyrrole nitrogens is 1. The summed E-state index contributed by atoms with van der Waals surface area (Å²) in [6.07, 6.45) is 14.3. The highest BCUT2D eigenvalue weighted by molar-refractivity contribution is 7.11. The highest BCUT2D eigenvalue weighted by Crippen LogP contribution is 2.32. The van der Waals surface area contributed by atoms with Crippen LogP contribution < -0.4 is 38.7 Å². The lowest BCUT2D eigenvalue weighted by Gasteiger charge is -2.09. The number of benzene rings is 3. The van der Waals surface area contributed by atoms with Gasteiger partial charge in [-0.2, -0.15) is 10.2 Å².